The molecule has 0 saturated carbocycles. The van der Waals surface area contributed by atoms with Crippen molar-refractivity contribution in [1.29, 1.82) is 10.5 Å². The molecule has 0 atom stereocenters. The molecule has 0 amide bonds. The quantitative estimate of drug-likeness (QED) is 0.0213. The number of fused-ring (bicyclic) bond motifs is 3. The minimum absolute atomic E-state index is 0.429. The summed E-state index contributed by atoms with van der Waals surface area (Å²) in [5, 5.41) is 28.3. The van der Waals surface area contributed by atoms with Gasteiger partial charge in [0.2, 0.25) is 0 Å². The van der Waals surface area contributed by atoms with Gasteiger partial charge in [0.1, 0.15) is 34.5 Å². The summed E-state index contributed by atoms with van der Waals surface area (Å²) in [4.78, 5) is 0. The van der Waals surface area contributed by atoms with Crippen LogP contribution in [0.25, 0.3) is 55.6 Å². The second kappa shape index (κ2) is 35.9. The Morgan fingerprint density at radius 1 is 0.338 bits per heavy atom. The summed E-state index contributed by atoms with van der Waals surface area (Å²) in [7, 11) is 0. The molecule has 0 saturated heterocycles. The predicted octanol–water partition coefficient (Wildman–Crippen LogP) is 21.0. The summed E-state index contributed by atoms with van der Waals surface area (Å²) in [6.45, 7) is 16.6. The van der Waals surface area contributed by atoms with Crippen LogP contribution in [-0.4, -0.2) is 39.6 Å². The maximum absolute atomic E-state index is 11.4. The molecule has 0 N–H and O–H groups in total. The Morgan fingerprint density at radius 3 is 1.06 bits per heavy atom. The lowest BCUT2D eigenvalue weighted by molar-refractivity contribution is 0.301. The maximum atomic E-state index is 11.4. The van der Waals surface area contributed by atoms with Crippen LogP contribution in [0.1, 0.15) is 218 Å². The van der Waals surface area contributed by atoms with Gasteiger partial charge in [0.25, 0.3) is 0 Å². The smallest absolute Gasteiger partial charge is 0.135 e. The molecular weight excluding hydrogens is 989 g/mol. The van der Waals surface area contributed by atoms with Crippen LogP contribution in [0, 0.1) is 22.7 Å². The molecule has 8 nitrogen and oxygen atoms in total. The predicted molar refractivity (Wildman–Crippen MR) is 337 cm³/mol. The molecule has 0 fully saturated rings. The first kappa shape index (κ1) is 62.6. The summed E-state index contributed by atoms with van der Waals surface area (Å²) >= 11 is 0. The SMILES string of the molecule is CCCCCCOc1cc(/C=C(\C#N)c2cc(OCCCCCC)c3ccc(/C(C#N)=C/c4cc(OCCCCCC)c5ccccc5c4OCCCCCC)c(OCCCCCC)c3c2)c(OCCCCCC)c2ccccc12. The highest BCUT2D eigenvalue weighted by molar-refractivity contribution is 6.06. The van der Waals surface area contributed by atoms with Crippen molar-refractivity contribution in [3.63, 3.8) is 0 Å². The van der Waals surface area contributed by atoms with Crippen molar-refractivity contribution in [1.82, 2.24) is 0 Å². The molecule has 80 heavy (non-hydrogen) atoms. The summed E-state index contributed by atoms with van der Waals surface area (Å²) < 4.78 is 40.5. The van der Waals surface area contributed by atoms with E-state index in [-0.39, 0.29) is 0 Å². The highest BCUT2D eigenvalue weighted by atomic mass is 16.5. The highest BCUT2D eigenvalue weighted by Crippen LogP contribution is 2.45. The first-order valence-corrected chi connectivity index (χ1v) is 31.2. The third-order valence-electron chi connectivity index (χ3n) is 15.0. The topological polar surface area (TPSA) is 103 Å². The minimum Gasteiger partial charge on any atom is -0.493 e. The molecule has 0 bridgehead atoms. The third kappa shape index (κ3) is 18.5. The number of hydrogen-bond acceptors (Lipinski definition) is 8. The van der Waals surface area contributed by atoms with Gasteiger partial charge in [0.05, 0.1) is 62.9 Å². The average molecular weight is 1080 g/mol. The molecule has 6 rings (SSSR count). The fraction of sp³-hybridized carbons (Fsp3) is 0.500. The molecule has 6 aromatic rings. The van der Waals surface area contributed by atoms with E-state index in [0.29, 0.717) is 73.4 Å². The van der Waals surface area contributed by atoms with Crippen molar-refractivity contribution in [3.8, 4) is 46.6 Å². The van der Waals surface area contributed by atoms with Gasteiger partial charge in [0.15, 0.2) is 0 Å². The van der Waals surface area contributed by atoms with Gasteiger partial charge in [-0.2, -0.15) is 10.5 Å². The monoisotopic (exact) mass is 1080 g/mol. The van der Waals surface area contributed by atoms with Crippen molar-refractivity contribution in [2.75, 3.05) is 39.6 Å². The molecule has 8 heteroatoms. The van der Waals surface area contributed by atoms with Gasteiger partial charge in [-0.1, -0.05) is 206 Å². The number of nitrogens with zero attached hydrogens (tertiary/aromatic N) is 2. The number of allylic oxidation sites excluding steroid dienone is 2. The second-order valence-corrected chi connectivity index (χ2v) is 21.5. The van der Waals surface area contributed by atoms with Crippen LogP contribution in [-0.2, 0) is 0 Å². The fourth-order valence-corrected chi connectivity index (χ4v) is 10.4. The number of benzene rings is 6. The van der Waals surface area contributed by atoms with Crippen LogP contribution in [0.4, 0.5) is 0 Å². The van der Waals surface area contributed by atoms with Crippen LogP contribution in [0.15, 0.2) is 84.9 Å². The van der Waals surface area contributed by atoms with Crippen LogP contribution in [0.5, 0.6) is 34.5 Å². The standard InChI is InChI=1S/C72H94N2O6/c1-7-13-19-29-41-75-67-50-55(58(53-73)47-56-51-68(76-42-30-20-14-8-2)61-35-25-27-37-64(61)70(56)78-44-32-22-16-10-4)49-66-63(67)40-39-60(72(66)80-46-34-24-18-12-6)59(54-74)48-57-52-69(77-43-31-21-15-9-3)62-36-26-28-38-65(62)71(57)79-45-33-23-17-11-5/h25-28,35-40,47-52H,7-24,29-34,41-46H2,1-6H3/b58-47+,59-48+. The molecule has 0 spiro atoms. The van der Waals surface area contributed by atoms with E-state index in [4.69, 9.17) is 28.4 Å². The summed E-state index contributed by atoms with van der Waals surface area (Å²) in [6.07, 6.45) is 29.5. The molecule has 0 radical (unpaired) electrons. The highest BCUT2D eigenvalue weighted by Gasteiger charge is 2.22. The number of rotatable bonds is 40. The van der Waals surface area contributed by atoms with Crippen molar-refractivity contribution in [2.24, 2.45) is 0 Å². The van der Waals surface area contributed by atoms with E-state index in [1.165, 1.54) is 12.8 Å². The van der Waals surface area contributed by atoms with E-state index in [2.05, 4.69) is 102 Å². The third-order valence-corrected chi connectivity index (χ3v) is 15.0. The van der Waals surface area contributed by atoms with E-state index < -0.39 is 0 Å². The summed E-state index contributed by atoms with van der Waals surface area (Å²) in [5.41, 5.74) is 3.76. The Labute approximate surface area is 481 Å². The Kier molecular flexibility index (Phi) is 28.0. The number of nitriles is 2. The molecule has 0 aliphatic heterocycles. The van der Waals surface area contributed by atoms with Gasteiger partial charge < -0.3 is 28.4 Å². The van der Waals surface area contributed by atoms with Crippen LogP contribution < -0.4 is 28.4 Å². The van der Waals surface area contributed by atoms with Gasteiger partial charge in [-0.25, -0.2) is 0 Å². The van der Waals surface area contributed by atoms with E-state index in [1.807, 2.05) is 48.6 Å². The molecule has 6 aromatic carbocycles. The molecule has 0 aliphatic rings. The zero-order chi connectivity index (χ0) is 56.6. The van der Waals surface area contributed by atoms with Gasteiger partial charge in [-0.05, 0) is 92.6 Å². The van der Waals surface area contributed by atoms with Crippen molar-refractivity contribution < 1.29 is 28.4 Å². The zero-order valence-electron chi connectivity index (χ0n) is 49.8. The first-order chi connectivity index (χ1) is 39.4. The van der Waals surface area contributed by atoms with Crippen molar-refractivity contribution in [3.05, 3.63) is 107 Å². The Hall–Kier alpha value is -6.64. The largest absolute Gasteiger partial charge is 0.493 e. The molecule has 0 heterocycles. The van der Waals surface area contributed by atoms with Gasteiger partial charge in [0, 0.05) is 49.0 Å². The number of ether oxygens (including phenoxy) is 6. The molecule has 0 aliphatic carbocycles. The Morgan fingerprint density at radius 2 is 0.675 bits per heavy atom. The van der Waals surface area contributed by atoms with Gasteiger partial charge in [-0.3, -0.25) is 0 Å². The molecule has 0 unspecified atom stereocenters. The van der Waals surface area contributed by atoms with Crippen LogP contribution >= 0.6 is 0 Å². The van der Waals surface area contributed by atoms with Crippen LogP contribution in [0.2, 0.25) is 0 Å². The second-order valence-electron chi connectivity index (χ2n) is 21.5. The normalized spacial score (nSPS) is 11.8. The molecule has 428 valence electrons. The van der Waals surface area contributed by atoms with Crippen LogP contribution in [0.3, 0.4) is 0 Å². The van der Waals surface area contributed by atoms with E-state index in [0.717, 1.165) is 208 Å². The number of hydrogen-bond donors (Lipinski definition) is 0. The van der Waals surface area contributed by atoms with Gasteiger partial charge >= 0.3 is 0 Å². The molecule has 0 aromatic heterocycles. The average Bonchev–Trinajstić information content (AvgIpc) is 3.51. The van der Waals surface area contributed by atoms with Crippen molar-refractivity contribution in [2.45, 2.75) is 196 Å². The van der Waals surface area contributed by atoms with E-state index in [1.54, 1.807) is 0 Å². The van der Waals surface area contributed by atoms with Gasteiger partial charge in [-0.15, -0.1) is 0 Å². The lowest BCUT2D eigenvalue weighted by atomic mass is 9.93. The minimum atomic E-state index is 0.429. The summed E-state index contributed by atoms with van der Waals surface area (Å²) in [5.74, 6) is 4.26. The lowest BCUT2D eigenvalue weighted by Crippen LogP contribution is -2.04. The van der Waals surface area contributed by atoms with E-state index >= 15 is 0 Å². The Balaban J connectivity index is 1.58. The number of unbranched alkanes of at least 4 members (excludes halogenated alkanes) is 18. The first-order valence-electron chi connectivity index (χ1n) is 31.2. The summed E-state index contributed by atoms with van der Waals surface area (Å²) in [6, 6.07) is 34.0. The fourth-order valence-electron chi connectivity index (χ4n) is 10.4. The van der Waals surface area contributed by atoms with E-state index in [9.17, 15) is 10.5 Å². The van der Waals surface area contributed by atoms with Crippen molar-refractivity contribution >= 4 is 55.6 Å². The lowest BCUT2D eigenvalue weighted by Gasteiger charge is -2.19. The molecular formula is C72H94N2O6. The zero-order valence-corrected chi connectivity index (χ0v) is 49.8. The maximum Gasteiger partial charge on any atom is 0.135 e. The Bertz CT molecular complexity index is 2980.